The molecule has 8 heteroatoms. The fraction of sp³-hybridized carbons (Fsp3) is 0.476. The highest BCUT2D eigenvalue weighted by Gasteiger charge is 2.28. The molecule has 0 bridgehead atoms. The molecule has 2 heterocycles. The lowest BCUT2D eigenvalue weighted by atomic mass is 9.92. The van der Waals surface area contributed by atoms with E-state index in [1.54, 1.807) is 18.2 Å². The van der Waals surface area contributed by atoms with Gasteiger partial charge in [-0.15, -0.1) is 0 Å². The lowest BCUT2D eigenvalue weighted by Crippen LogP contribution is -2.30. The summed E-state index contributed by atoms with van der Waals surface area (Å²) in [7, 11) is 0. The van der Waals surface area contributed by atoms with Crippen LogP contribution in [-0.4, -0.2) is 29.9 Å². The number of benzene rings is 1. The van der Waals surface area contributed by atoms with E-state index in [1.807, 2.05) is 0 Å². The number of piperidine rings is 1. The van der Waals surface area contributed by atoms with Crippen molar-refractivity contribution in [2.75, 3.05) is 23.3 Å². The Labute approximate surface area is 183 Å². The normalized spacial score (nSPS) is 14.6. The van der Waals surface area contributed by atoms with E-state index in [4.69, 9.17) is 9.72 Å². The van der Waals surface area contributed by atoms with E-state index >= 15 is 0 Å². The minimum absolute atomic E-state index is 0.134. The second kappa shape index (κ2) is 8.83. The van der Waals surface area contributed by atoms with E-state index in [2.05, 4.69) is 46.9 Å². The second-order valence-corrected chi connectivity index (χ2v) is 10.1. The summed E-state index contributed by atoms with van der Waals surface area (Å²) in [5, 5.41) is 4.58. The van der Waals surface area contributed by atoms with Gasteiger partial charge in [0.2, 0.25) is 0 Å². The number of amides is 1. The van der Waals surface area contributed by atoms with E-state index < -0.39 is 5.97 Å². The van der Waals surface area contributed by atoms with Crippen LogP contribution in [0.5, 0.6) is 5.75 Å². The zero-order valence-electron chi connectivity index (χ0n) is 17.2. The first-order chi connectivity index (χ1) is 13.6. The third-order valence-corrected chi connectivity index (χ3v) is 6.15. The molecule has 0 aliphatic carbocycles. The van der Waals surface area contributed by atoms with Crippen molar-refractivity contribution >= 4 is 49.3 Å². The van der Waals surface area contributed by atoms with Crippen LogP contribution in [0.3, 0.4) is 0 Å². The van der Waals surface area contributed by atoms with Crippen LogP contribution in [0.15, 0.2) is 22.7 Å². The average molecular weight is 480 g/mol. The molecule has 0 unspecified atom stereocenters. The minimum atomic E-state index is -0.474. The summed E-state index contributed by atoms with van der Waals surface area (Å²) < 4.78 is 5.92. The molecule has 0 saturated carbocycles. The Morgan fingerprint density at radius 2 is 1.90 bits per heavy atom. The van der Waals surface area contributed by atoms with Crippen molar-refractivity contribution in [3.05, 3.63) is 33.9 Å². The smallest absolute Gasteiger partial charge is 0.308 e. The zero-order valence-corrected chi connectivity index (χ0v) is 19.6. The van der Waals surface area contributed by atoms with Gasteiger partial charge in [0.25, 0.3) is 5.91 Å². The molecule has 1 aliphatic rings. The number of nitrogens with zero attached hydrogens (tertiary/aromatic N) is 2. The minimum Gasteiger partial charge on any atom is -0.426 e. The summed E-state index contributed by atoms with van der Waals surface area (Å²) in [5.41, 5.74) is 1.14. The van der Waals surface area contributed by atoms with Crippen molar-refractivity contribution in [2.24, 2.45) is 0 Å². The number of esters is 1. The van der Waals surface area contributed by atoms with Gasteiger partial charge in [-0.2, -0.15) is 0 Å². The summed E-state index contributed by atoms with van der Waals surface area (Å²) in [6.07, 6.45) is 3.60. The van der Waals surface area contributed by atoms with Gasteiger partial charge in [-0.25, -0.2) is 4.98 Å². The molecule has 6 nitrogen and oxygen atoms in total. The number of rotatable bonds is 4. The van der Waals surface area contributed by atoms with Crippen LogP contribution in [0.25, 0.3) is 0 Å². The number of hydrogen-bond acceptors (Lipinski definition) is 6. The lowest BCUT2D eigenvalue weighted by Gasteiger charge is -2.30. The van der Waals surface area contributed by atoms with Gasteiger partial charge >= 0.3 is 5.97 Å². The molecule has 1 N–H and O–H groups in total. The predicted octanol–water partition coefficient (Wildman–Crippen LogP) is 5.37. The molecule has 0 atom stereocenters. The van der Waals surface area contributed by atoms with Crippen molar-refractivity contribution in [1.82, 2.24) is 4.98 Å². The Kier molecular flexibility index (Phi) is 6.63. The Balaban J connectivity index is 1.90. The number of halogens is 1. The lowest BCUT2D eigenvalue weighted by molar-refractivity contribution is -0.131. The highest BCUT2D eigenvalue weighted by atomic mass is 79.9. The summed E-state index contributed by atoms with van der Waals surface area (Å²) in [6, 6.07) is 4.96. The number of ether oxygens (including phenoxy) is 1. The van der Waals surface area contributed by atoms with E-state index in [-0.39, 0.29) is 22.6 Å². The molecule has 2 aromatic rings. The van der Waals surface area contributed by atoms with Crippen LogP contribution in [0.2, 0.25) is 0 Å². The summed E-state index contributed by atoms with van der Waals surface area (Å²) >= 11 is 4.87. The highest BCUT2D eigenvalue weighted by Crippen LogP contribution is 2.40. The Hall–Kier alpha value is -1.93. The first kappa shape index (κ1) is 21.8. The number of aromatic nitrogens is 1. The largest absolute Gasteiger partial charge is 0.426 e. The number of carbonyl (C=O) groups excluding carboxylic acids is 2. The van der Waals surface area contributed by atoms with E-state index in [1.165, 1.54) is 37.5 Å². The SMILES string of the molecule is CC(=O)Oc1ccc(Br)cc1C(=O)Nc1nc(C(C)(C)C)c(N2CCCCC2)s1. The molecule has 1 fully saturated rings. The molecule has 29 heavy (non-hydrogen) atoms. The molecular weight excluding hydrogens is 454 g/mol. The second-order valence-electron chi connectivity index (χ2n) is 8.16. The van der Waals surface area contributed by atoms with Gasteiger partial charge in [-0.3, -0.25) is 14.9 Å². The van der Waals surface area contributed by atoms with Gasteiger partial charge in [0, 0.05) is 29.9 Å². The Morgan fingerprint density at radius 3 is 2.52 bits per heavy atom. The van der Waals surface area contributed by atoms with Crippen LogP contribution in [0.4, 0.5) is 10.1 Å². The van der Waals surface area contributed by atoms with Gasteiger partial charge in [-0.05, 0) is 37.5 Å². The van der Waals surface area contributed by atoms with Crippen molar-refractivity contribution in [3.8, 4) is 5.75 Å². The number of nitrogens with one attached hydrogen (secondary N) is 1. The average Bonchev–Trinajstić information content (AvgIpc) is 3.08. The van der Waals surface area contributed by atoms with Crippen LogP contribution in [0, 0.1) is 0 Å². The molecule has 0 spiro atoms. The van der Waals surface area contributed by atoms with E-state index in [0.717, 1.165) is 28.3 Å². The molecule has 3 rings (SSSR count). The van der Waals surface area contributed by atoms with Crippen LogP contribution in [0.1, 0.15) is 63.0 Å². The van der Waals surface area contributed by atoms with Crippen molar-refractivity contribution in [2.45, 2.75) is 52.4 Å². The maximum absolute atomic E-state index is 12.9. The first-order valence-corrected chi connectivity index (χ1v) is 11.3. The predicted molar refractivity (Wildman–Crippen MR) is 120 cm³/mol. The van der Waals surface area contributed by atoms with E-state index in [9.17, 15) is 9.59 Å². The van der Waals surface area contributed by atoms with Crippen LogP contribution < -0.4 is 15.0 Å². The standard InChI is InChI=1S/C21H26BrN3O3S/c1-13(26)28-16-9-8-14(22)12-15(16)18(27)24-20-23-17(21(2,3)4)19(29-20)25-10-6-5-7-11-25/h8-9,12H,5-7,10-11H2,1-4H3,(H,23,24,27). The monoisotopic (exact) mass is 479 g/mol. The van der Waals surface area contributed by atoms with Crippen molar-refractivity contribution < 1.29 is 14.3 Å². The summed E-state index contributed by atoms with van der Waals surface area (Å²) in [4.78, 5) is 31.5. The number of thiazole rings is 1. The number of anilines is 2. The molecular formula is C21H26BrN3O3S. The fourth-order valence-electron chi connectivity index (χ4n) is 3.25. The third kappa shape index (κ3) is 5.36. The summed E-state index contributed by atoms with van der Waals surface area (Å²) in [6.45, 7) is 9.74. The van der Waals surface area contributed by atoms with Crippen molar-refractivity contribution in [1.29, 1.82) is 0 Å². The number of carbonyl (C=O) groups is 2. The molecule has 1 aromatic carbocycles. The Bertz CT molecular complexity index is 914. The third-order valence-electron chi connectivity index (χ3n) is 4.62. The van der Waals surface area contributed by atoms with Crippen LogP contribution >= 0.6 is 27.3 Å². The quantitative estimate of drug-likeness (QED) is 0.471. The van der Waals surface area contributed by atoms with Gasteiger partial charge < -0.3 is 9.64 Å². The maximum atomic E-state index is 12.9. The zero-order chi connectivity index (χ0) is 21.2. The highest BCUT2D eigenvalue weighted by molar-refractivity contribution is 9.10. The van der Waals surface area contributed by atoms with E-state index in [0.29, 0.717) is 5.13 Å². The molecule has 1 aliphatic heterocycles. The maximum Gasteiger partial charge on any atom is 0.308 e. The van der Waals surface area contributed by atoms with Gasteiger partial charge in [0.05, 0.1) is 11.3 Å². The Morgan fingerprint density at radius 1 is 1.21 bits per heavy atom. The fourth-order valence-corrected chi connectivity index (χ4v) is 4.84. The molecule has 1 saturated heterocycles. The van der Waals surface area contributed by atoms with Gasteiger partial charge in [0.15, 0.2) is 5.13 Å². The summed E-state index contributed by atoms with van der Waals surface area (Å²) in [5.74, 6) is -0.609. The molecule has 0 radical (unpaired) electrons. The first-order valence-electron chi connectivity index (χ1n) is 9.71. The number of hydrogen-bond donors (Lipinski definition) is 1. The molecule has 156 valence electrons. The van der Waals surface area contributed by atoms with Crippen molar-refractivity contribution in [3.63, 3.8) is 0 Å². The molecule has 1 amide bonds. The van der Waals surface area contributed by atoms with Gasteiger partial charge in [-0.1, -0.05) is 48.0 Å². The molecule has 1 aromatic heterocycles. The topological polar surface area (TPSA) is 71.5 Å². The van der Waals surface area contributed by atoms with Gasteiger partial charge in [0.1, 0.15) is 10.8 Å². The van der Waals surface area contributed by atoms with Crippen LogP contribution in [-0.2, 0) is 10.2 Å².